The predicted molar refractivity (Wildman–Crippen MR) is 140 cm³/mol. The number of benzene rings is 2. The minimum atomic E-state index is -0.697. The summed E-state index contributed by atoms with van der Waals surface area (Å²) in [6.45, 7) is 11.6. The monoisotopic (exact) mass is 490 g/mol. The van der Waals surface area contributed by atoms with Crippen LogP contribution in [0.25, 0.3) is 6.08 Å². The van der Waals surface area contributed by atoms with Gasteiger partial charge in [-0.3, -0.25) is 4.79 Å². The van der Waals surface area contributed by atoms with Gasteiger partial charge in [0.2, 0.25) is 0 Å². The number of phenols is 3. The lowest BCUT2D eigenvalue weighted by atomic mass is 9.88. The maximum atomic E-state index is 13.4. The number of carbonyl (C=O) groups is 1. The molecule has 2 aliphatic heterocycles. The van der Waals surface area contributed by atoms with Gasteiger partial charge in [-0.1, -0.05) is 29.4 Å². The van der Waals surface area contributed by atoms with Gasteiger partial charge in [-0.05, 0) is 78.2 Å². The summed E-state index contributed by atoms with van der Waals surface area (Å²) in [4.78, 5) is 13.4. The van der Waals surface area contributed by atoms with E-state index < -0.39 is 11.7 Å². The second-order valence-corrected chi connectivity index (χ2v) is 10.6. The third kappa shape index (κ3) is 4.85. The van der Waals surface area contributed by atoms with E-state index in [-0.39, 0.29) is 40.8 Å². The van der Waals surface area contributed by atoms with Crippen LogP contribution in [0.5, 0.6) is 28.7 Å². The molecule has 2 aromatic carbocycles. The number of allylic oxidation sites excluding steroid dienone is 4. The topological polar surface area (TPSA) is 96.2 Å². The fourth-order valence-electron chi connectivity index (χ4n) is 4.50. The average molecular weight is 491 g/mol. The van der Waals surface area contributed by atoms with Crippen LogP contribution in [-0.4, -0.2) is 26.7 Å². The molecule has 2 aliphatic rings. The molecule has 0 saturated heterocycles. The smallest absolute Gasteiger partial charge is 0.174 e. The van der Waals surface area contributed by atoms with Crippen LogP contribution in [0.3, 0.4) is 0 Å². The van der Waals surface area contributed by atoms with Crippen LogP contribution in [0.1, 0.15) is 86.7 Å². The van der Waals surface area contributed by atoms with E-state index in [0.29, 0.717) is 40.8 Å². The van der Waals surface area contributed by atoms with Crippen molar-refractivity contribution >= 4 is 11.9 Å². The lowest BCUT2D eigenvalue weighted by molar-refractivity contribution is 0.0841. The van der Waals surface area contributed by atoms with Crippen molar-refractivity contribution in [2.45, 2.75) is 72.5 Å². The van der Waals surface area contributed by atoms with Gasteiger partial charge in [-0.15, -0.1) is 0 Å². The third-order valence-corrected chi connectivity index (χ3v) is 6.46. The van der Waals surface area contributed by atoms with Crippen LogP contribution >= 0.6 is 0 Å². The number of Topliss-reactive ketones (excluding diaryl/α,β-unsaturated/α-hetero) is 1. The van der Waals surface area contributed by atoms with Crippen LogP contribution in [0, 0.1) is 0 Å². The van der Waals surface area contributed by atoms with Gasteiger partial charge in [0, 0.05) is 16.7 Å². The summed E-state index contributed by atoms with van der Waals surface area (Å²) >= 11 is 0. The summed E-state index contributed by atoms with van der Waals surface area (Å²) in [7, 11) is 0. The van der Waals surface area contributed by atoms with Gasteiger partial charge in [-0.25, -0.2) is 0 Å². The molecule has 6 heteroatoms. The number of hydrogen-bond donors (Lipinski definition) is 3. The Morgan fingerprint density at radius 1 is 0.972 bits per heavy atom. The SMILES string of the molecule is CC(C)=CCc1c(O)c(CC=C(C)C)c2c(c1O)C(=O)C[C@@H](c1cc(O)c3c(c1)C=CC(C)(C)O3)O2. The predicted octanol–water partition coefficient (Wildman–Crippen LogP) is 6.71. The Kier molecular flexibility index (Phi) is 6.65. The molecule has 0 amide bonds. The quantitative estimate of drug-likeness (QED) is 0.403. The molecule has 4 rings (SSSR count). The third-order valence-electron chi connectivity index (χ3n) is 6.46. The molecule has 3 N–H and O–H groups in total. The lowest BCUT2D eigenvalue weighted by Gasteiger charge is -2.31. The molecule has 36 heavy (non-hydrogen) atoms. The highest BCUT2D eigenvalue weighted by molar-refractivity contribution is 6.04. The van der Waals surface area contributed by atoms with Crippen molar-refractivity contribution in [1.82, 2.24) is 0 Å². The van der Waals surface area contributed by atoms with Gasteiger partial charge in [0.05, 0.1) is 6.42 Å². The Bertz CT molecular complexity index is 1320. The normalized spacial score (nSPS) is 17.4. The van der Waals surface area contributed by atoms with Crippen LogP contribution < -0.4 is 9.47 Å². The zero-order valence-electron chi connectivity index (χ0n) is 21.7. The molecule has 0 saturated carbocycles. The average Bonchev–Trinajstić information content (AvgIpc) is 2.78. The van der Waals surface area contributed by atoms with Gasteiger partial charge in [0.25, 0.3) is 0 Å². The van der Waals surface area contributed by atoms with Crippen molar-refractivity contribution in [3.8, 4) is 28.7 Å². The highest BCUT2D eigenvalue weighted by Gasteiger charge is 2.36. The van der Waals surface area contributed by atoms with Crippen molar-refractivity contribution in [2.24, 2.45) is 0 Å². The van der Waals surface area contributed by atoms with E-state index in [2.05, 4.69) is 0 Å². The van der Waals surface area contributed by atoms with E-state index in [1.54, 1.807) is 6.07 Å². The molecule has 1 atom stereocenters. The molecule has 0 spiro atoms. The molecule has 0 aliphatic carbocycles. The maximum Gasteiger partial charge on any atom is 0.174 e. The van der Waals surface area contributed by atoms with Gasteiger partial charge >= 0.3 is 0 Å². The van der Waals surface area contributed by atoms with E-state index in [1.165, 1.54) is 0 Å². The fraction of sp³-hybridized carbons (Fsp3) is 0.367. The van der Waals surface area contributed by atoms with Gasteiger partial charge < -0.3 is 24.8 Å². The number of ketones is 1. The van der Waals surface area contributed by atoms with Crippen LogP contribution in [0.15, 0.2) is 41.5 Å². The van der Waals surface area contributed by atoms with Gasteiger partial charge in [-0.2, -0.15) is 0 Å². The second kappa shape index (κ2) is 9.41. The van der Waals surface area contributed by atoms with Gasteiger partial charge in [0.1, 0.15) is 34.5 Å². The number of carbonyl (C=O) groups excluding carboxylic acids is 1. The number of phenolic OH excluding ortho intramolecular Hbond substituents is 3. The zero-order valence-corrected chi connectivity index (χ0v) is 21.7. The van der Waals surface area contributed by atoms with Crippen molar-refractivity contribution in [3.05, 3.63) is 69.3 Å². The van der Waals surface area contributed by atoms with Crippen LogP contribution in [0.2, 0.25) is 0 Å². The molecule has 0 aromatic heterocycles. The summed E-state index contributed by atoms with van der Waals surface area (Å²) in [6.07, 6.45) is 7.57. The minimum absolute atomic E-state index is 0.0101. The Balaban J connectivity index is 1.82. The Labute approximate surface area is 212 Å². The highest BCUT2D eigenvalue weighted by Crippen LogP contribution is 2.50. The van der Waals surface area contributed by atoms with E-state index in [1.807, 2.05) is 71.9 Å². The molecule has 190 valence electrons. The molecule has 2 heterocycles. The molecule has 6 nitrogen and oxygen atoms in total. The number of ether oxygens (including phenoxy) is 2. The van der Waals surface area contributed by atoms with E-state index in [0.717, 1.165) is 11.1 Å². The first-order valence-electron chi connectivity index (χ1n) is 12.2. The van der Waals surface area contributed by atoms with Crippen LogP contribution in [0.4, 0.5) is 0 Å². The Morgan fingerprint density at radius 2 is 1.61 bits per heavy atom. The summed E-state index contributed by atoms with van der Waals surface area (Å²) < 4.78 is 12.2. The highest BCUT2D eigenvalue weighted by atomic mass is 16.5. The molecule has 0 unspecified atom stereocenters. The van der Waals surface area contributed by atoms with Crippen molar-refractivity contribution in [1.29, 1.82) is 0 Å². The molecular formula is C30H34O6. The number of rotatable bonds is 5. The maximum absolute atomic E-state index is 13.4. The molecule has 2 aromatic rings. The van der Waals surface area contributed by atoms with Crippen molar-refractivity contribution in [3.63, 3.8) is 0 Å². The molecular weight excluding hydrogens is 456 g/mol. The summed E-state index contributed by atoms with van der Waals surface area (Å²) in [5, 5.41) is 32.9. The number of hydrogen-bond acceptors (Lipinski definition) is 6. The summed E-state index contributed by atoms with van der Waals surface area (Å²) in [5.74, 6) is -0.0417. The zero-order chi connectivity index (χ0) is 26.4. The largest absolute Gasteiger partial charge is 0.507 e. The Hall–Kier alpha value is -3.67. The van der Waals surface area contributed by atoms with Crippen LogP contribution in [-0.2, 0) is 12.8 Å². The molecule has 0 bridgehead atoms. The molecule has 0 fully saturated rings. The minimum Gasteiger partial charge on any atom is -0.507 e. The van der Waals surface area contributed by atoms with Gasteiger partial charge in [0.15, 0.2) is 17.3 Å². The van der Waals surface area contributed by atoms with Crippen molar-refractivity contribution in [2.75, 3.05) is 0 Å². The Morgan fingerprint density at radius 3 is 2.25 bits per heavy atom. The van der Waals surface area contributed by atoms with Crippen molar-refractivity contribution < 1.29 is 29.6 Å². The molecule has 0 radical (unpaired) electrons. The fourth-order valence-corrected chi connectivity index (χ4v) is 4.50. The number of aromatic hydroxyl groups is 3. The first kappa shape index (κ1) is 25.4. The standard InChI is InChI=1S/C30H34O6/c1-16(2)7-9-20-26(33)21(10-8-17(3)4)29-25(27(20)34)22(31)15-24(35-29)19-13-18-11-12-30(5,6)36-28(18)23(32)14-19/h7-8,11-14,24,32-34H,9-10,15H2,1-6H3/t24-/m0/s1. The van der Waals surface area contributed by atoms with E-state index in [4.69, 9.17) is 9.47 Å². The second-order valence-electron chi connectivity index (χ2n) is 10.6. The lowest BCUT2D eigenvalue weighted by Crippen LogP contribution is -2.28. The van der Waals surface area contributed by atoms with E-state index >= 15 is 0 Å². The first-order chi connectivity index (χ1) is 16.9. The van der Waals surface area contributed by atoms with E-state index in [9.17, 15) is 20.1 Å². The number of fused-ring (bicyclic) bond motifs is 2. The summed E-state index contributed by atoms with van der Waals surface area (Å²) in [5.41, 5.74) is 3.73. The summed E-state index contributed by atoms with van der Waals surface area (Å²) in [6, 6.07) is 3.39. The first-order valence-corrected chi connectivity index (χ1v) is 12.2.